The van der Waals surface area contributed by atoms with Crippen LogP contribution < -0.4 is 14.8 Å². The van der Waals surface area contributed by atoms with Gasteiger partial charge in [0, 0.05) is 21.7 Å². The Morgan fingerprint density at radius 2 is 2.04 bits per heavy atom. The second-order valence-electron chi connectivity index (χ2n) is 5.54. The quantitative estimate of drug-likeness (QED) is 0.461. The van der Waals surface area contributed by atoms with Crippen LogP contribution in [0.3, 0.4) is 0 Å². The van der Waals surface area contributed by atoms with E-state index in [9.17, 15) is 4.39 Å². The number of thioether (sulfide) groups is 1. The molecule has 0 amide bonds. The molecular weight excluding hydrogens is 433 g/mol. The summed E-state index contributed by atoms with van der Waals surface area (Å²) in [7, 11) is 1.58. The van der Waals surface area contributed by atoms with Crippen molar-refractivity contribution in [3.63, 3.8) is 0 Å². The number of nitrogens with one attached hydrogen (secondary N) is 1. The first-order chi connectivity index (χ1) is 13.1. The third-order valence-electron chi connectivity index (χ3n) is 3.79. The number of rotatable bonds is 8. The van der Waals surface area contributed by atoms with Crippen LogP contribution in [0.15, 0.2) is 41.1 Å². The Labute approximate surface area is 169 Å². The van der Waals surface area contributed by atoms with Crippen molar-refractivity contribution >= 4 is 50.1 Å². The Morgan fingerprint density at radius 1 is 1.19 bits per heavy atom. The molecule has 2 aromatic carbocycles. The lowest BCUT2D eigenvalue weighted by Crippen LogP contribution is -2.03. The van der Waals surface area contributed by atoms with Gasteiger partial charge in [0.15, 0.2) is 11.5 Å². The summed E-state index contributed by atoms with van der Waals surface area (Å²) < 4.78 is 26.1. The molecule has 0 fully saturated rings. The van der Waals surface area contributed by atoms with E-state index in [0.29, 0.717) is 45.0 Å². The van der Waals surface area contributed by atoms with Crippen LogP contribution in [0.2, 0.25) is 0 Å². The fourth-order valence-electron chi connectivity index (χ4n) is 2.51. The minimum absolute atomic E-state index is 0.328. The molecule has 0 bridgehead atoms. The summed E-state index contributed by atoms with van der Waals surface area (Å²) in [6, 6.07) is 8.42. The molecule has 8 heteroatoms. The van der Waals surface area contributed by atoms with E-state index in [2.05, 4.69) is 38.1 Å². The Balaban J connectivity index is 1.93. The number of fused-ring (bicyclic) bond motifs is 1. The normalized spacial score (nSPS) is 10.8. The summed E-state index contributed by atoms with van der Waals surface area (Å²) in [5.74, 6) is 3.27. The van der Waals surface area contributed by atoms with E-state index in [4.69, 9.17) is 9.47 Å². The number of benzene rings is 2. The second kappa shape index (κ2) is 9.23. The average molecular weight is 452 g/mol. The zero-order valence-electron chi connectivity index (χ0n) is 15.0. The molecule has 1 N–H and O–H groups in total. The number of ether oxygens (including phenoxy) is 2. The fraction of sp³-hybridized carbons (Fsp3) is 0.263. The lowest BCUT2D eigenvalue weighted by atomic mass is 10.2. The predicted molar refractivity (Wildman–Crippen MR) is 112 cm³/mol. The van der Waals surface area contributed by atoms with E-state index >= 15 is 0 Å². The predicted octanol–water partition coefficient (Wildman–Crippen LogP) is 5.42. The Bertz CT molecular complexity index is 942. The Hall–Kier alpha value is -2.06. The average Bonchev–Trinajstić information content (AvgIpc) is 2.67. The van der Waals surface area contributed by atoms with E-state index in [1.165, 1.54) is 12.4 Å². The maximum Gasteiger partial charge on any atom is 0.163 e. The largest absolute Gasteiger partial charge is 0.493 e. The molecule has 0 radical (unpaired) electrons. The smallest absolute Gasteiger partial charge is 0.163 e. The van der Waals surface area contributed by atoms with Crippen molar-refractivity contribution in [1.29, 1.82) is 0 Å². The minimum atomic E-state index is -0.378. The van der Waals surface area contributed by atoms with Gasteiger partial charge in [-0.15, -0.1) is 0 Å². The number of hydrogen-bond acceptors (Lipinski definition) is 6. The van der Waals surface area contributed by atoms with Gasteiger partial charge in [-0.05, 0) is 30.0 Å². The van der Waals surface area contributed by atoms with E-state index in [0.717, 1.165) is 11.5 Å². The fourth-order valence-corrected chi connectivity index (χ4v) is 3.33. The van der Waals surface area contributed by atoms with Crippen molar-refractivity contribution in [2.45, 2.75) is 6.92 Å². The van der Waals surface area contributed by atoms with Gasteiger partial charge < -0.3 is 14.8 Å². The van der Waals surface area contributed by atoms with Crippen LogP contribution >= 0.6 is 27.7 Å². The lowest BCUT2D eigenvalue weighted by Gasteiger charge is -2.14. The van der Waals surface area contributed by atoms with Crippen molar-refractivity contribution in [3.8, 4) is 11.5 Å². The van der Waals surface area contributed by atoms with Crippen LogP contribution in [0.1, 0.15) is 6.92 Å². The second-order valence-corrected chi connectivity index (χ2v) is 7.85. The third kappa shape index (κ3) is 4.81. The Kier molecular flexibility index (Phi) is 6.73. The molecule has 0 atom stereocenters. The molecule has 0 saturated carbocycles. The molecule has 3 rings (SSSR count). The molecule has 0 aliphatic heterocycles. The molecule has 142 valence electrons. The van der Waals surface area contributed by atoms with Crippen LogP contribution in [0.4, 0.5) is 15.9 Å². The van der Waals surface area contributed by atoms with Gasteiger partial charge in [-0.3, -0.25) is 0 Å². The highest BCUT2D eigenvalue weighted by Crippen LogP contribution is 2.35. The van der Waals surface area contributed by atoms with Crippen molar-refractivity contribution in [1.82, 2.24) is 9.97 Å². The van der Waals surface area contributed by atoms with Crippen LogP contribution in [0.25, 0.3) is 10.9 Å². The first-order valence-electron chi connectivity index (χ1n) is 8.37. The van der Waals surface area contributed by atoms with Gasteiger partial charge in [0.25, 0.3) is 0 Å². The van der Waals surface area contributed by atoms with Crippen LogP contribution in [0.5, 0.6) is 11.5 Å². The zero-order chi connectivity index (χ0) is 19.2. The van der Waals surface area contributed by atoms with Crippen molar-refractivity contribution < 1.29 is 13.9 Å². The van der Waals surface area contributed by atoms with Crippen molar-refractivity contribution in [2.24, 2.45) is 0 Å². The van der Waals surface area contributed by atoms with E-state index in [1.54, 1.807) is 25.3 Å². The molecule has 0 saturated heterocycles. The summed E-state index contributed by atoms with van der Waals surface area (Å²) >= 11 is 5.06. The first-order valence-corrected chi connectivity index (χ1v) is 10.3. The number of aromatic nitrogens is 2. The molecule has 5 nitrogen and oxygen atoms in total. The van der Waals surface area contributed by atoms with Gasteiger partial charge in [-0.2, -0.15) is 11.8 Å². The zero-order valence-corrected chi connectivity index (χ0v) is 17.4. The summed E-state index contributed by atoms with van der Waals surface area (Å²) in [5.41, 5.74) is 1.01. The number of methoxy groups -OCH3 is 1. The molecule has 0 aliphatic rings. The maximum atomic E-state index is 14.2. The molecule has 27 heavy (non-hydrogen) atoms. The van der Waals surface area contributed by atoms with Gasteiger partial charge >= 0.3 is 0 Å². The highest BCUT2D eigenvalue weighted by Gasteiger charge is 2.13. The van der Waals surface area contributed by atoms with Crippen LogP contribution in [0, 0.1) is 5.82 Å². The molecule has 0 spiro atoms. The van der Waals surface area contributed by atoms with Crippen LogP contribution in [-0.4, -0.2) is 35.2 Å². The van der Waals surface area contributed by atoms with Gasteiger partial charge in [0.05, 0.1) is 24.9 Å². The van der Waals surface area contributed by atoms with Gasteiger partial charge in [-0.1, -0.05) is 22.9 Å². The highest BCUT2D eigenvalue weighted by atomic mass is 79.9. The van der Waals surface area contributed by atoms with Crippen molar-refractivity contribution in [2.75, 3.05) is 30.5 Å². The molecule has 1 heterocycles. The number of anilines is 2. The molecule has 1 aromatic heterocycles. The summed E-state index contributed by atoms with van der Waals surface area (Å²) in [6.07, 6.45) is 1.44. The monoisotopic (exact) mass is 451 g/mol. The highest BCUT2D eigenvalue weighted by molar-refractivity contribution is 9.10. The molecular formula is C19H19BrFN3O2S. The molecule has 3 aromatic rings. The topological polar surface area (TPSA) is 56.3 Å². The van der Waals surface area contributed by atoms with E-state index in [-0.39, 0.29) is 5.82 Å². The summed E-state index contributed by atoms with van der Waals surface area (Å²) in [6.45, 7) is 2.70. The number of hydrogen-bond donors (Lipinski definition) is 1. The summed E-state index contributed by atoms with van der Waals surface area (Å²) in [5, 5.41) is 3.74. The lowest BCUT2D eigenvalue weighted by molar-refractivity contribution is 0.314. The van der Waals surface area contributed by atoms with Crippen molar-refractivity contribution in [3.05, 3.63) is 46.9 Å². The van der Waals surface area contributed by atoms with E-state index < -0.39 is 0 Å². The SMILES string of the molecule is CCSCCOc1cc2ncnc(Nc3ccc(Br)cc3F)c2cc1OC. The Morgan fingerprint density at radius 3 is 2.78 bits per heavy atom. The molecule has 0 unspecified atom stereocenters. The van der Waals surface area contributed by atoms with E-state index in [1.807, 2.05) is 17.8 Å². The third-order valence-corrected chi connectivity index (χ3v) is 5.15. The van der Waals surface area contributed by atoms with Gasteiger partial charge in [0.2, 0.25) is 0 Å². The minimum Gasteiger partial charge on any atom is -0.493 e. The maximum absolute atomic E-state index is 14.2. The first kappa shape index (κ1) is 19.7. The summed E-state index contributed by atoms with van der Waals surface area (Å²) in [4.78, 5) is 8.56. The number of halogens is 2. The van der Waals surface area contributed by atoms with Crippen LogP contribution in [-0.2, 0) is 0 Å². The molecule has 0 aliphatic carbocycles. The van der Waals surface area contributed by atoms with Gasteiger partial charge in [0.1, 0.15) is 18.0 Å². The van der Waals surface area contributed by atoms with Gasteiger partial charge in [-0.25, -0.2) is 14.4 Å². The number of nitrogens with zero attached hydrogens (tertiary/aromatic N) is 2. The standard InChI is InChI=1S/C19H19BrFN3O2S/c1-3-27-7-6-26-18-10-16-13(9-17(18)25-2)19(23-11-22-16)24-15-5-4-12(20)8-14(15)21/h4-5,8-11H,3,6-7H2,1-2H3,(H,22,23,24).